The third-order valence-corrected chi connectivity index (χ3v) is 9.38. The molecule has 40 heavy (non-hydrogen) atoms. The van der Waals surface area contributed by atoms with Crippen molar-refractivity contribution in [2.24, 2.45) is 11.8 Å². The number of hydrogen-bond donors (Lipinski definition) is 1. The molecule has 4 heterocycles. The first-order chi connectivity index (χ1) is 19.4. The SMILES string of the molecule is CC12OC(CCOc3ccc(-c4cnns4)cc3)(CC1O)C1C(=O)N(c3ccc(C#N)c4ccccc34)C(=O)C12. The Kier molecular flexibility index (Phi) is 5.54. The van der Waals surface area contributed by atoms with Crippen LogP contribution in [-0.4, -0.2) is 50.4 Å². The van der Waals surface area contributed by atoms with Crippen molar-refractivity contribution < 1.29 is 24.2 Å². The first-order valence-corrected chi connectivity index (χ1v) is 13.8. The quantitative estimate of drug-likeness (QED) is 0.355. The van der Waals surface area contributed by atoms with E-state index >= 15 is 0 Å². The number of fused-ring (bicyclic) bond motifs is 6. The van der Waals surface area contributed by atoms with Gasteiger partial charge in [0.25, 0.3) is 0 Å². The molecule has 2 bridgehead atoms. The Morgan fingerprint density at radius 1 is 1.10 bits per heavy atom. The lowest BCUT2D eigenvalue weighted by Crippen LogP contribution is -2.49. The average Bonchev–Trinajstić information content (AvgIpc) is 3.70. The van der Waals surface area contributed by atoms with Crippen LogP contribution in [0.1, 0.15) is 25.3 Å². The van der Waals surface area contributed by atoms with E-state index in [0.29, 0.717) is 34.2 Å². The minimum absolute atomic E-state index is 0.242. The van der Waals surface area contributed by atoms with Crippen LogP contribution < -0.4 is 9.64 Å². The van der Waals surface area contributed by atoms with Gasteiger partial charge in [0.05, 0.1) is 58.5 Å². The van der Waals surface area contributed by atoms with E-state index in [1.807, 2.05) is 42.5 Å². The van der Waals surface area contributed by atoms with Gasteiger partial charge in [0.1, 0.15) is 11.4 Å². The zero-order valence-corrected chi connectivity index (χ0v) is 22.3. The van der Waals surface area contributed by atoms with Crippen LogP contribution in [-0.2, 0) is 14.3 Å². The average molecular weight is 553 g/mol. The Morgan fingerprint density at radius 3 is 2.58 bits per heavy atom. The molecule has 3 fully saturated rings. The van der Waals surface area contributed by atoms with Crippen LogP contribution in [0, 0.1) is 23.2 Å². The van der Waals surface area contributed by atoms with E-state index in [-0.39, 0.29) is 24.8 Å². The maximum Gasteiger partial charge on any atom is 0.240 e. The van der Waals surface area contributed by atoms with Gasteiger partial charge in [-0.3, -0.25) is 9.59 Å². The molecule has 5 atom stereocenters. The third kappa shape index (κ3) is 3.45. The van der Waals surface area contributed by atoms with Gasteiger partial charge < -0.3 is 14.6 Å². The molecule has 4 aromatic rings. The molecule has 5 unspecified atom stereocenters. The van der Waals surface area contributed by atoms with Gasteiger partial charge >= 0.3 is 0 Å². The van der Waals surface area contributed by atoms with E-state index in [4.69, 9.17) is 9.47 Å². The maximum absolute atomic E-state index is 14.1. The molecule has 10 heteroatoms. The van der Waals surface area contributed by atoms with Gasteiger partial charge in [-0.15, -0.1) is 5.10 Å². The van der Waals surface area contributed by atoms with Gasteiger partial charge in [0, 0.05) is 23.6 Å². The number of rotatable bonds is 6. The Bertz CT molecular complexity index is 1700. The van der Waals surface area contributed by atoms with Gasteiger partial charge in [-0.2, -0.15) is 5.26 Å². The highest BCUT2D eigenvalue weighted by atomic mass is 32.1. The second kappa shape index (κ2) is 8.93. The van der Waals surface area contributed by atoms with Crippen molar-refractivity contribution in [1.82, 2.24) is 9.59 Å². The lowest BCUT2D eigenvalue weighted by molar-refractivity contribution is -0.134. The molecular formula is C30H24N4O5S. The highest BCUT2D eigenvalue weighted by molar-refractivity contribution is 7.09. The minimum Gasteiger partial charge on any atom is -0.493 e. The van der Waals surface area contributed by atoms with Crippen LogP contribution in [0.15, 0.2) is 66.9 Å². The van der Waals surface area contributed by atoms with Crippen LogP contribution in [0.4, 0.5) is 5.69 Å². The van der Waals surface area contributed by atoms with Crippen molar-refractivity contribution in [3.8, 4) is 22.3 Å². The number of hydrogen-bond acceptors (Lipinski definition) is 9. The summed E-state index contributed by atoms with van der Waals surface area (Å²) in [6, 6.07) is 20.3. The molecule has 9 nitrogen and oxygen atoms in total. The molecule has 7 rings (SSSR count). The standard InChI is InChI=1S/C30H24N4O5S/c1-29-24(35)14-30(39-29,12-13-38-19-9-6-17(7-10-19)23-16-32-33-40-23)26-25(29)27(36)34(28(26)37)22-11-8-18(15-31)20-4-2-3-5-21(20)22/h2-11,16,24-26,35H,12-14H2,1H3. The molecule has 3 aliphatic heterocycles. The normalized spacial score (nSPS) is 28.7. The summed E-state index contributed by atoms with van der Waals surface area (Å²) < 4.78 is 16.3. The number of nitriles is 1. The van der Waals surface area contributed by atoms with Gasteiger partial charge in [-0.25, -0.2) is 4.90 Å². The topological polar surface area (TPSA) is 126 Å². The third-order valence-electron chi connectivity index (χ3n) is 8.67. The minimum atomic E-state index is -1.18. The lowest BCUT2D eigenvalue weighted by Gasteiger charge is -2.33. The number of carbonyl (C=O) groups excluding carboxylic acids is 2. The Labute approximate surface area is 233 Å². The molecule has 3 aliphatic rings. The molecule has 3 aromatic carbocycles. The number of nitrogens with zero attached hydrogens (tertiary/aromatic N) is 4. The fourth-order valence-corrected chi connectivity index (χ4v) is 7.31. The molecule has 1 N–H and O–H groups in total. The number of aliphatic hydroxyl groups excluding tert-OH is 1. The van der Waals surface area contributed by atoms with Crippen molar-refractivity contribution in [2.75, 3.05) is 11.5 Å². The first-order valence-electron chi connectivity index (χ1n) is 13.0. The number of aromatic nitrogens is 2. The number of aliphatic hydroxyl groups is 1. The highest BCUT2D eigenvalue weighted by Gasteiger charge is 2.77. The Hall–Kier alpha value is -4.17. The van der Waals surface area contributed by atoms with Crippen LogP contribution in [0.2, 0.25) is 0 Å². The highest BCUT2D eigenvalue weighted by Crippen LogP contribution is 2.62. The van der Waals surface area contributed by atoms with E-state index in [2.05, 4.69) is 15.7 Å². The summed E-state index contributed by atoms with van der Waals surface area (Å²) in [5.74, 6) is -1.63. The fourth-order valence-electron chi connectivity index (χ4n) is 6.79. The zero-order chi connectivity index (χ0) is 27.6. The summed E-state index contributed by atoms with van der Waals surface area (Å²) in [5, 5.41) is 25.8. The number of benzene rings is 3. The Morgan fingerprint density at radius 2 is 1.85 bits per heavy atom. The van der Waals surface area contributed by atoms with E-state index < -0.39 is 29.1 Å². The second-order valence-corrected chi connectivity index (χ2v) is 11.5. The summed E-state index contributed by atoms with van der Waals surface area (Å²) in [4.78, 5) is 30.2. The molecule has 1 aromatic heterocycles. The number of amides is 2. The molecule has 3 saturated heterocycles. The smallest absolute Gasteiger partial charge is 0.240 e. The number of carbonyl (C=O) groups is 2. The largest absolute Gasteiger partial charge is 0.493 e. The molecule has 0 aliphatic carbocycles. The van der Waals surface area contributed by atoms with E-state index in [9.17, 15) is 20.0 Å². The summed E-state index contributed by atoms with van der Waals surface area (Å²) in [7, 11) is 0. The molecule has 0 spiro atoms. The van der Waals surface area contributed by atoms with Gasteiger partial charge in [0.15, 0.2) is 0 Å². The van der Waals surface area contributed by atoms with Crippen LogP contribution in [0.3, 0.4) is 0 Å². The monoisotopic (exact) mass is 552 g/mol. The zero-order valence-electron chi connectivity index (χ0n) is 21.5. The van der Waals surface area contributed by atoms with E-state index in [1.165, 1.54) is 16.4 Å². The van der Waals surface area contributed by atoms with E-state index in [0.717, 1.165) is 10.4 Å². The van der Waals surface area contributed by atoms with Crippen LogP contribution in [0.25, 0.3) is 21.2 Å². The first kappa shape index (κ1) is 24.8. The predicted molar refractivity (Wildman–Crippen MR) is 146 cm³/mol. The predicted octanol–water partition coefficient (Wildman–Crippen LogP) is 4.10. The maximum atomic E-state index is 14.1. The van der Waals surface area contributed by atoms with Crippen molar-refractivity contribution in [3.63, 3.8) is 0 Å². The van der Waals surface area contributed by atoms with Crippen molar-refractivity contribution in [2.45, 2.75) is 37.1 Å². The lowest BCUT2D eigenvalue weighted by atomic mass is 9.66. The van der Waals surface area contributed by atoms with Gasteiger partial charge in [-0.05, 0) is 60.4 Å². The van der Waals surface area contributed by atoms with Crippen molar-refractivity contribution >= 4 is 39.8 Å². The molecule has 2 amide bonds. The van der Waals surface area contributed by atoms with Gasteiger partial charge in [-0.1, -0.05) is 28.8 Å². The van der Waals surface area contributed by atoms with Crippen LogP contribution in [0.5, 0.6) is 5.75 Å². The van der Waals surface area contributed by atoms with Crippen molar-refractivity contribution in [3.05, 3.63) is 72.4 Å². The van der Waals surface area contributed by atoms with Crippen molar-refractivity contribution in [1.29, 1.82) is 5.26 Å². The molecule has 0 radical (unpaired) electrons. The molecule has 200 valence electrons. The number of ether oxygens (including phenoxy) is 2. The molecule has 0 saturated carbocycles. The summed E-state index contributed by atoms with van der Waals surface area (Å²) in [6.07, 6.45) is 1.39. The summed E-state index contributed by atoms with van der Waals surface area (Å²) in [5.41, 5.74) is -0.312. The van der Waals surface area contributed by atoms with Crippen LogP contribution >= 0.6 is 11.5 Å². The summed E-state index contributed by atoms with van der Waals surface area (Å²) in [6.45, 7) is 1.97. The second-order valence-electron chi connectivity index (χ2n) is 10.7. The number of imide groups is 1. The molecular weight excluding hydrogens is 528 g/mol. The number of anilines is 1. The fraction of sp³-hybridized carbons (Fsp3) is 0.300. The van der Waals surface area contributed by atoms with E-state index in [1.54, 1.807) is 31.3 Å². The van der Waals surface area contributed by atoms with Gasteiger partial charge in [0.2, 0.25) is 11.8 Å². The Balaban J connectivity index is 1.17. The summed E-state index contributed by atoms with van der Waals surface area (Å²) >= 11 is 1.31.